The van der Waals surface area contributed by atoms with E-state index in [4.69, 9.17) is 9.72 Å². The number of aryl methyl sites for hydroxylation is 2. The number of ether oxygens (including phenoxy) is 1. The number of thiazole rings is 1. The lowest BCUT2D eigenvalue weighted by Gasteiger charge is -2.29. The van der Waals surface area contributed by atoms with Gasteiger partial charge >= 0.3 is 0 Å². The van der Waals surface area contributed by atoms with Crippen LogP contribution in [0.4, 0.5) is 5.82 Å². The number of hydrogen-bond donors (Lipinski definition) is 1. The first kappa shape index (κ1) is 14.8. The summed E-state index contributed by atoms with van der Waals surface area (Å²) in [5, 5.41) is 11.2. The van der Waals surface area contributed by atoms with Crippen molar-refractivity contribution in [1.29, 1.82) is 0 Å². The summed E-state index contributed by atoms with van der Waals surface area (Å²) < 4.78 is 7.59. The zero-order valence-corrected chi connectivity index (χ0v) is 14.3. The monoisotopic (exact) mass is 316 g/mol. The molecular formula is C16H20N4OS. The molecule has 1 aliphatic rings. The summed E-state index contributed by atoms with van der Waals surface area (Å²) in [4.78, 5) is 4.69. The Bertz CT molecular complexity index is 769. The lowest BCUT2D eigenvalue weighted by atomic mass is 10.0. The van der Waals surface area contributed by atoms with Gasteiger partial charge in [-0.3, -0.25) is 0 Å². The lowest BCUT2D eigenvalue weighted by Crippen LogP contribution is -2.25. The second-order valence-corrected chi connectivity index (χ2v) is 6.26. The van der Waals surface area contributed by atoms with Gasteiger partial charge in [0.05, 0.1) is 12.8 Å². The van der Waals surface area contributed by atoms with Gasteiger partial charge in [-0.2, -0.15) is 5.10 Å². The van der Waals surface area contributed by atoms with Gasteiger partial charge in [-0.1, -0.05) is 0 Å². The molecule has 6 heteroatoms. The van der Waals surface area contributed by atoms with Crippen LogP contribution in [0.3, 0.4) is 0 Å². The molecule has 0 amide bonds. The van der Waals surface area contributed by atoms with Gasteiger partial charge in [0.25, 0.3) is 0 Å². The van der Waals surface area contributed by atoms with Crippen molar-refractivity contribution in [3.63, 3.8) is 0 Å². The Morgan fingerprint density at radius 2 is 2.14 bits per heavy atom. The molecule has 0 aliphatic carbocycles. The van der Waals surface area contributed by atoms with E-state index in [1.807, 2.05) is 31.5 Å². The van der Waals surface area contributed by atoms with Crippen molar-refractivity contribution >= 4 is 17.2 Å². The maximum absolute atomic E-state index is 5.59. The van der Waals surface area contributed by atoms with Crippen LogP contribution in [0.1, 0.15) is 36.3 Å². The molecule has 0 saturated carbocycles. The fourth-order valence-electron chi connectivity index (χ4n) is 2.82. The van der Waals surface area contributed by atoms with E-state index in [0.717, 1.165) is 39.2 Å². The first-order chi connectivity index (χ1) is 10.5. The Hall–Kier alpha value is -2.08. The quantitative estimate of drug-likeness (QED) is 0.875. The number of rotatable bonds is 3. The van der Waals surface area contributed by atoms with Crippen LogP contribution in [0.5, 0.6) is 0 Å². The molecule has 0 saturated heterocycles. The predicted molar refractivity (Wildman–Crippen MR) is 89.0 cm³/mol. The van der Waals surface area contributed by atoms with E-state index in [0.29, 0.717) is 0 Å². The molecule has 2 aromatic rings. The largest absolute Gasteiger partial charge is 0.497 e. The predicted octanol–water partition coefficient (Wildman–Crippen LogP) is 3.80. The molecule has 5 nitrogen and oxygen atoms in total. The molecule has 1 atom stereocenters. The van der Waals surface area contributed by atoms with Crippen molar-refractivity contribution in [2.24, 2.45) is 0 Å². The summed E-state index contributed by atoms with van der Waals surface area (Å²) in [5.41, 5.74) is 4.16. The zero-order chi connectivity index (χ0) is 15.9. The minimum atomic E-state index is -0.0604. The molecule has 116 valence electrons. The third-order valence-corrected chi connectivity index (χ3v) is 4.73. The molecule has 0 fully saturated rings. The van der Waals surface area contributed by atoms with Gasteiger partial charge in [-0.25, -0.2) is 9.67 Å². The Morgan fingerprint density at radius 1 is 1.36 bits per heavy atom. The van der Waals surface area contributed by atoms with Crippen LogP contribution in [0, 0.1) is 13.8 Å². The fraction of sp³-hybridized carbons (Fsp3) is 0.375. The van der Waals surface area contributed by atoms with Crippen molar-refractivity contribution < 1.29 is 4.74 Å². The number of allylic oxidation sites excluding steroid dienone is 3. The minimum absolute atomic E-state index is 0.0604. The Kier molecular flexibility index (Phi) is 3.78. The minimum Gasteiger partial charge on any atom is -0.497 e. The molecule has 3 heterocycles. The van der Waals surface area contributed by atoms with E-state index in [-0.39, 0.29) is 6.04 Å². The Balaban J connectivity index is 2.22. The number of methoxy groups -OCH3 is 1. The highest BCUT2D eigenvalue weighted by molar-refractivity contribution is 7.09. The molecule has 1 N–H and O–H groups in total. The maximum atomic E-state index is 5.59. The Labute approximate surface area is 134 Å². The first-order valence-corrected chi connectivity index (χ1v) is 8.09. The normalized spacial score (nSPS) is 18.2. The molecule has 0 bridgehead atoms. The van der Waals surface area contributed by atoms with Crippen molar-refractivity contribution in [3.8, 4) is 0 Å². The van der Waals surface area contributed by atoms with E-state index < -0.39 is 0 Å². The summed E-state index contributed by atoms with van der Waals surface area (Å²) in [6.07, 6.45) is 1.98. The fourth-order valence-corrected chi connectivity index (χ4v) is 3.71. The molecular weight excluding hydrogens is 296 g/mol. The van der Waals surface area contributed by atoms with Crippen LogP contribution in [0.25, 0.3) is 0 Å². The number of aromatic nitrogens is 3. The van der Waals surface area contributed by atoms with Gasteiger partial charge in [-0.05, 0) is 33.8 Å². The van der Waals surface area contributed by atoms with E-state index in [9.17, 15) is 0 Å². The van der Waals surface area contributed by atoms with Crippen LogP contribution < -0.4 is 5.32 Å². The van der Waals surface area contributed by atoms with E-state index >= 15 is 0 Å². The van der Waals surface area contributed by atoms with Gasteiger partial charge in [0.2, 0.25) is 0 Å². The number of anilines is 1. The molecule has 1 unspecified atom stereocenters. The van der Waals surface area contributed by atoms with E-state index in [2.05, 4.69) is 28.8 Å². The van der Waals surface area contributed by atoms with Crippen molar-refractivity contribution in [1.82, 2.24) is 14.8 Å². The third kappa shape index (κ3) is 2.33. The van der Waals surface area contributed by atoms with Crippen molar-refractivity contribution in [2.45, 2.75) is 33.7 Å². The smallest absolute Gasteiger partial charge is 0.136 e. The van der Waals surface area contributed by atoms with Gasteiger partial charge in [0.15, 0.2) is 0 Å². The molecule has 0 aromatic carbocycles. The van der Waals surface area contributed by atoms with Crippen LogP contribution in [0.2, 0.25) is 0 Å². The molecule has 2 aromatic heterocycles. The number of nitrogens with one attached hydrogen (secondary N) is 1. The lowest BCUT2D eigenvalue weighted by molar-refractivity contribution is 0.290. The average Bonchev–Trinajstić information content (AvgIpc) is 3.05. The second kappa shape index (κ2) is 5.61. The van der Waals surface area contributed by atoms with Gasteiger partial charge in [-0.15, -0.1) is 11.3 Å². The highest BCUT2D eigenvalue weighted by Crippen LogP contribution is 2.40. The SMILES string of the molecule is C/C=C(/OC)C1=C(C)Nc2cc(C)nn2C1c1nc(C)cs1. The number of nitrogens with zero attached hydrogens (tertiary/aromatic N) is 3. The molecule has 0 spiro atoms. The van der Waals surface area contributed by atoms with E-state index in [1.54, 1.807) is 18.4 Å². The summed E-state index contributed by atoms with van der Waals surface area (Å²) >= 11 is 1.66. The summed E-state index contributed by atoms with van der Waals surface area (Å²) in [7, 11) is 1.70. The number of fused-ring (bicyclic) bond motifs is 1. The van der Waals surface area contributed by atoms with Crippen LogP contribution in [0.15, 0.2) is 34.6 Å². The third-order valence-electron chi connectivity index (χ3n) is 3.71. The molecule has 22 heavy (non-hydrogen) atoms. The summed E-state index contributed by atoms with van der Waals surface area (Å²) in [6.45, 7) is 8.06. The zero-order valence-electron chi connectivity index (χ0n) is 13.5. The van der Waals surface area contributed by atoms with Crippen molar-refractivity contribution in [3.05, 3.63) is 50.9 Å². The van der Waals surface area contributed by atoms with Gasteiger partial charge in [0.1, 0.15) is 22.6 Å². The maximum Gasteiger partial charge on any atom is 0.136 e. The highest BCUT2D eigenvalue weighted by Gasteiger charge is 2.33. The van der Waals surface area contributed by atoms with Crippen LogP contribution in [-0.4, -0.2) is 21.9 Å². The number of hydrogen-bond acceptors (Lipinski definition) is 5. The molecule has 0 radical (unpaired) electrons. The summed E-state index contributed by atoms with van der Waals surface area (Å²) in [6, 6.07) is 1.99. The standard InChI is InChI=1S/C16H20N4OS/c1-6-12(21-5)14-11(4)18-13-7-9(2)19-20(13)15(14)16-17-10(3)8-22-16/h6-8,15,18H,1-5H3/b12-6+. The Morgan fingerprint density at radius 3 is 2.73 bits per heavy atom. The van der Waals surface area contributed by atoms with Gasteiger partial charge in [0, 0.05) is 28.4 Å². The van der Waals surface area contributed by atoms with Crippen LogP contribution in [-0.2, 0) is 4.74 Å². The van der Waals surface area contributed by atoms with E-state index in [1.165, 1.54) is 0 Å². The average molecular weight is 316 g/mol. The van der Waals surface area contributed by atoms with Crippen LogP contribution >= 0.6 is 11.3 Å². The first-order valence-electron chi connectivity index (χ1n) is 7.21. The van der Waals surface area contributed by atoms with Gasteiger partial charge < -0.3 is 10.1 Å². The molecule has 1 aliphatic heterocycles. The molecule has 3 rings (SSSR count). The topological polar surface area (TPSA) is 52.0 Å². The summed E-state index contributed by atoms with van der Waals surface area (Å²) in [5.74, 6) is 1.84. The van der Waals surface area contributed by atoms with Crippen molar-refractivity contribution in [2.75, 3.05) is 12.4 Å². The second-order valence-electron chi connectivity index (χ2n) is 5.37. The highest BCUT2D eigenvalue weighted by atomic mass is 32.1.